The van der Waals surface area contributed by atoms with E-state index in [1.807, 2.05) is 48.5 Å². The van der Waals surface area contributed by atoms with Gasteiger partial charge in [0.25, 0.3) is 0 Å². The van der Waals surface area contributed by atoms with Gasteiger partial charge in [-0.15, -0.1) is 0 Å². The molecule has 0 spiro atoms. The van der Waals surface area contributed by atoms with Crippen molar-refractivity contribution in [2.24, 2.45) is 0 Å². The molecular formula is C18H9Br2N3. The lowest BCUT2D eigenvalue weighted by molar-refractivity contribution is 1.38. The second kappa shape index (κ2) is 6.42. The summed E-state index contributed by atoms with van der Waals surface area (Å²) in [6.45, 7) is 0. The zero-order chi connectivity index (χ0) is 16.4. The third-order valence-corrected chi connectivity index (χ3v) is 4.55. The van der Waals surface area contributed by atoms with E-state index in [4.69, 9.17) is 0 Å². The fraction of sp³-hybridized carbons (Fsp3) is 0. The molecule has 110 valence electrons. The van der Waals surface area contributed by atoms with E-state index in [0.29, 0.717) is 22.5 Å². The van der Waals surface area contributed by atoms with Gasteiger partial charge in [-0.2, -0.15) is 10.5 Å². The average Bonchev–Trinajstić information content (AvgIpc) is 2.94. The Morgan fingerprint density at radius 3 is 1.30 bits per heavy atom. The lowest BCUT2D eigenvalue weighted by Gasteiger charge is -2.01. The molecule has 1 heterocycles. The van der Waals surface area contributed by atoms with Crippen LogP contribution in [-0.4, -0.2) is 4.98 Å². The number of aromatic nitrogens is 1. The number of H-pyrrole nitrogens is 1. The summed E-state index contributed by atoms with van der Waals surface area (Å²) in [7, 11) is 0. The largest absolute Gasteiger partial charge is 0.352 e. The standard InChI is InChI=1S/C18H9Br2N3/c19-13-5-1-11(2-6-13)17-15(9-21)16(10-22)18(23-17)12-3-7-14(20)8-4-12/h1-8,23H. The number of hydrogen-bond acceptors (Lipinski definition) is 2. The van der Waals surface area contributed by atoms with Gasteiger partial charge in [0.2, 0.25) is 0 Å². The molecule has 0 unspecified atom stereocenters. The van der Waals surface area contributed by atoms with Crippen molar-refractivity contribution in [1.82, 2.24) is 4.98 Å². The number of rotatable bonds is 2. The molecule has 1 aromatic heterocycles. The number of hydrogen-bond donors (Lipinski definition) is 1. The minimum atomic E-state index is 0.368. The smallest absolute Gasteiger partial charge is 0.103 e. The molecule has 0 amide bonds. The van der Waals surface area contributed by atoms with Crippen molar-refractivity contribution in [2.45, 2.75) is 0 Å². The summed E-state index contributed by atoms with van der Waals surface area (Å²) in [6.07, 6.45) is 0. The van der Waals surface area contributed by atoms with Gasteiger partial charge in [-0.1, -0.05) is 56.1 Å². The van der Waals surface area contributed by atoms with E-state index in [-0.39, 0.29) is 0 Å². The van der Waals surface area contributed by atoms with Crippen LogP contribution in [0.1, 0.15) is 11.1 Å². The molecule has 0 aliphatic heterocycles. The van der Waals surface area contributed by atoms with Gasteiger partial charge in [0.15, 0.2) is 0 Å². The summed E-state index contributed by atoms with van der Waals surface area (Å²) in [6, 6.07) is 19.6. The molecule has 2 aromatic carbocycles. The molecule has 0 radical (unpaired) electrons. The third-order valence-electron chi connectivity index (χ3n) is 3.49. The molecule has 0 bridgehead atoms. The molecule has 0 aliphatic rings. The minimum Gasteiger partial charge on any atom is -0.352 e. The normalized spacial score (nSPS) is 10.1. The number of aromatic amines is 1. The van der Waals surface area contributed by atoms with E-state index < -0.39 is 0 Å². The van der Waals surface area contributed by atoms with Crippen molar-refractivity contribution >= 4 is 31.9 Å². The second-order valence-corrected chi connectivity index (χ2v) is 6.69. The Hall–Kier alpha value is -2.34. The molecule has 3 rings (SSSR count). The third kappa shape index (κ3) is 2.94. The monoisotopic (exact) mass is 425 g/mol. The molecule has 3 aromatic rings. The Balaban J connectivity index is 2.23. The summed E-state index contributed by atoms with van der Waals surface area (Å²) in [4.78, 5) is 3.25. The SMILES string of the molecule is N#Cc1c(-c2ccc(Br)cc2)[nH]c(-c2ccc(Br)cc2)c1C#N. The van der Waals surface area contributed by atoms with Gasteiger partial charge in [-0.05, 0) is 35.4 Å². The van der Waals surface area contributed by atoms with E-state index in [0.717, 1.165) is 20.1 Å². The molecule has 3 nitrogen and oxygen atoms in total. The number of halogens is 2. The first kappa shape index (κ1) is 15.6. The summed E-state index contributed by atoms with van der Waals surface area (Å²) in [5.41, 5.74) is 3.79. The number of nitriles is 2. The average molecular weight is 427 g/mol. The first-order valence-electron chi connectivity index (χ1n) is 6.72. The maximum Gasteiger partial charge on any atom is 0.103 e. The van der Waals surface area contributed by atoms with Crippen molar-refractivity contribution in [2.75, 3.05) is 0 Å². The van der Waals surface area contributed by atoms with Crippen molar-refractivity contribution < 1.29 is 0 Å². The van der Waals surface area contributed by atoms with Crippen LogP contribution in [0.15, 0.2) is 57.5 Å². The van der Waals surface area contributed by atoms with Crippen LogP contribution in [0.2, 0.25) is 0 Å². The van der Waals surface area contributed by atoms with Gasteiger partial charge in [-0.3, -0.25) is 0 Å². The van der Waals surface area contributed by atoms with Gasteiger partial charge in [0.05, 0.1) is 22.5 Å². The molecule has 23 heavy (non-hydrogen) atoms. The lowest BCUT2D eigenvalue weighted by Crippen LogP contribution is -1.83. The fourth-order valence-electron chi connectivity index (χ4n) is 2.39. The Kier molecular flexibility index (Phi) is 4.34. The van der Waals surface area contributed by atoms with Crippen LogP contribution in [0.3, 0.4) is 0 Å². The van der Waals surface area contributed by atoms with Crippen molar-refractivity contribution in [3.05, 3.63) is 68.6 Å². The van der Waals surface area contributed by atoms with Crippen molar-refractivity contribution in [3.8, 4) is 34.7 Å². The van der Waals surface area contributed by atoms with Gasteiger partial charge in [-0.25, -0.2) is 0 Å². The summed E-state index contributed by atoms with van der Waals surface area (Å²) < 4.78 is 1.92. The first-order valence-corrected chi connectivity index (χ1v) is 8.30. The molecule has 0 saturated heterocycles. The number of nitrogens with zero attached hydrogens (tertiary/aromatic N) is 2. The summed E-state index contributed by atoms with van der Waals surface area (Å²) in [5.74, 6) is 0. The van der Waals surface area contributed by atoms with Crippen LogP contribution >= 0.6 is 31.9 Å². The highest BCUT2D eigenvalue weighted by Crippen LogP contribution is 2.34. The molecule has 0 aliphatic carbocycles. The maximum atomic E-state index is 9.51. The zero-order valence-electron chi connectivity index (χ0n) is 11.8. The van der Waals surface area contributed by atoms with Crippen LogP contribution in [0.25, 0.3) is 22.5 Å². The van der Waals surface area contributed by atoms with Crippen LogP contribution < -0.4 is 0 Å². The predicted octanol–water partition coefficient (Wildman–Crippen LogP) is 5.62. The Morgan fingerprint density at radius 1 is 0.652 bits per heavy atom. The Bertz CT molecular complexity index is 862. The van der Waals surface area contributed by atoms with E-state index in [1.165, 1.54) is 0 Å². The van der Waals surface area contributed by atoms with Crippen molar-refractivity contribution in [1.29, 1.82) is 10.5 Å². The molecule has 0 saturated carbocycles. The number of nitrogens with one attached hydrogen (secondary N) is 1. The lowest BCUT2D eigenvalue weighted by atomic mass is 10.0. The van der Waals surface area contributed by atoms with Gasteiger partial charge < -0.3 is 4.98 Å². The van der Waals surface area contributed by atoms with Crippen LogP contribution in [0.5, 0.6) is 0 Å². The molecule has 0 atom stereocenters. The van der Waals surface area contributed by atoms with E-state index in [9.17, 15) is 10.5 Å². The molecule has 5 heteroatoms. The van der Waals surface area contributed by atoms with E-state index in [2.05, 4.69) is 49.0 Å². The quantitative estimate of drug-likeness (QED) is 0.578. The first-order chi connectivity index (χ1) is 11.1. The maximum absolute atomic E-state index is 9.51. The summed E-state index contributed by atoms with van der Waals surface area (Å²) >= 11 is 6.80. The van der Waals surface area contributed by atoms with E-state index >= 15 is 0 Å². The molecule has 0 fully saturated rings. The van der Waals surface area contributed by atoms with Gasteiger partial charge >= 0.3 is 0 Å². The Morgan fingerprint density at radius 2 is 1.00 bits per heavy atom. The van der Waals surface area contributed by atoms with Crippen LogP contribution in [-0.2, 0) is 0 Å². The highest BCUT2D eigenvalue weighted by Gasteiger charge is 2.19. The molecule has 1 N–H and O–H groups in total. The van der Waals surface area contributed by atoms with Gasteiger partial charge in [0.1, 0.15) is 12.1 Å². The van der Waals surface area contributed by atoms with Gasteiger partial charge in [0, 0.05) is 8.95 Å². The number of benzene rings is 2. The highest BCUT2D eigenvalue weighted by atomic mass is 79.9. The zero-order valence-corrected chi connectivity index (χ0v) is 14.9. The highest BCUT2D eigenvalue weighted by molar-refractivity contribution is 9.10. The molecular weight excluding hydrogens is 418 g/mol. The van der Waals surface area contributed by atoms with E-state index in [1.54, 1.807) is 0 Å². The summed E-state index contributed by atoms with van der Waals surface area (Å²) in [5, 5.41) is 19.0. The predicted molar refractivity (Wildman–Crippen MR) is 96.5 cm³/mol. The van der Waals surface area contributed by atoms with Crippen molar-refractivity contribution in [3.63, 3.8) is 0 Å². The topological polar surface area (TPSA) is 63.4 Å². The fourth-order valence-corrected chi connectivity index (χ4v) is 2.92. The van der Waals surface area contributed by atoms with Crippen LogP contribution in [0, 0.1) is 22.7 Å². The second-order valence-electron chi connectivity index (χ2n) is 4.86. The Labute approximate surface area is 150 Å². The minimum absolute atomic E-state index is 0.368. The van der Waals surface area contributed by atoms with Crippen LogP contribution in [0.4, 0.5) is 0 Å².